The van der Waals surface area contributed by atoms with Crippen LogP contribution in [0.15, 0.2) is 20.3 Å². The number of hydrogen-bond donors (Lipinski definition) is 0. The fourth-order valence-electron chi connectivity index (χ4n) is 0.906. The van der Waals surface area contributed by atoms with Crippen molar-refractivity contribution in [1.82, 2.24) is 0 Å². The lowest BCUT2D eigenvalue weighted by molar-refractivity contribution is 0.0102. The summed E-state index contributed by atoms with van der Waals surface area (Å²) in [6.45, 7) is 11.3. The van der Waals surface area contributed by atoms with Crippen LogP contribution in [0.1, 0.15) is 13.8 Å². The molecular weight excluding hydrogens is 848 g/mol. The minimum atomic E-state index is -0.721. The van der Waals surface area contributed by atoms with Gasteiger partial charge < -0.3 is 9.47 Å². The molecule has 116 valence electrons. The van der Waals surface area contributed by atoms with E-state index in [-0.39, 0.29) is 0 Å². The Morgan fingerprint density at radius 3 is 1.45 bits per heavy atom. The van der Waals surface area contributed by atoms with Gasteiger partial charge in [0, 0.05) is 7.16 Å². The molecule has 0 aromatic heterocycles. The normalized spacial score (nSPS) is 20.0. The second-order valence-electron chi connectivity index (χ2n) is 3.83. The fraction of sp³-hybridized carbons (Fsp3) is 0.545. The van der Waals surface area contributed by atoms with E-state index in [1.54, 1.807) is 13.8 Å². The van der Waals surface area contributed by atoms with Crippen molar-refractivity contribution in [2.24, 2.45) is 0 Å². The van der Waals surface area contributed by atoms with Gasteiger partial charge in [-0.2, -0.15) is 0 Å². The quantitative estimate of drug-likeness (QED) is 0.167. The van der Waals surface area contributed by atoms with E-state index in [2.05, 4.69) is 135 Å². The first-order chi connectivity index (χ1) is 8.83. The first-order valence-corrected chi connectivity index (χ1v) is 11.1. The monoisotopic (exact) mass is 858 g/mol. The molecule has 0 amide bonds. The zero-order valence-corrected chi connectivity index (χ0v) is 22.4. The van der Waals surface area contributed by atoms with Gasteiger partial charge in [0.15, 0.2) is 0 Å². The lowest BCUT2D eigenvalue weighted by Crippen LogP contribution is -2.36. The van der Waals surface area contributed by atoms with Gasteiger partial charge in [0.25, 0.3) is 0 Å². The smallest absolute Gasteiger partial charge is 0.429 e. The molecule has 0 N–H and O–H groups in total. The van der Waals surface area contributed by atoms with Crippen molar-refractivity contribution >= 4 is 128 Å². The third-order valence-corrected chi connectivity index (χ3v) is 12.8. The van der Waals surface area contributed by atoms with Crippen molar-refractivity contribution in [2.75, 3.05) is 0 Å². The van der Waals surface area contributed by atoms with E-state index in [0.717, 1.165) is 7.16 Å². The molecule has 3 nitrogen and oxygen atoms in total. The highest BCUT2D eigenvalue weighted by Gasteiger charge is 2.38. The molecule has 0 saturated heterocycles. The summed E-state index contributed by atoms with van der Waals surface area (Å²) in [6, 6.07) is 0. The van der Waals surface area contributed by atoms with E-state index < -0.39 is 23.0 Å². The number of ether oxygens (including phenoxy) is 2. The molecule has 0 saturated carbocycles. The SMILES string of the molecule is C=C(I)C(Br)(I)C(C)OC(=O)OC(C)C(Br)(I)C(=C)I. The Morgan fingerprint density at radius 2 is 1.25 bits per heavy atom. The summed E-state index contributed by atoms with van der Waals surface area (Å²) in [7, 11) is 0. The van der Waals surface area contributed by atoms with E-state index in [4.69, 9.17) is 9.47 Å². The molecule has 0 aromatic rings. The molecule has 4 atom stereocenters. The van der Waals surface area contributed by atoms with Gasteiger partial charge in [-0.15, -0.1) is 0 Å². The summed E-state index contributed by atoms with van der Waals surface area (Å²) in [6.07, 6.45) is -1.57. The van der Waals surface area contributed by atoms with E-state index in [1.807, 2.05) is 0 Å². The van der Waals surface area contributed by atoms with E-state index >= 15 is 0 Å². The van der Waals surface area contributed by atoms with Gasteiger partial charge in [-0.05, 0) is 59.0 Å². The molecule has 0 spiro atoms. The Morgan fingerprint density at radius 1 is 1.00 bits per heavy atom. The summed E-state index contributed by atoms with van der Waals surface area (Å²) in [5.74, 6) is 0. The number of alkyl halides is 4. The maximum absolute atomic E-state index is 11.8. The summed E-state index contributed by atoms with van der Waals surface area (Å²) in [4.78, 5) is 11.8. The number of hydrogen-bond acceptors (Lipinski definition) is 3. The van der Waals surface area contributed by atoms with Crippen LogP contribution in [0.5, 0.6) is 0 Å². The number of rotatable bonds is 6. The van der Waals surface area contributed by atoms with Crippen molar-refractivity contribution in [3.8, 4) is 0 Å². The van der Waals surface area contributed by atoms with Crippen molar-refractivity contribution in [2.45, 2.75) is 30.7 Å². The van der Waals surface area contributed by atoms with Crippen LogP contribution in [0.2, 0.25) is 0 Å². The highest BCUT2D eigenvalue weighted by Crippen LogP contribution is 2.44. The molecular formula is C11H12Br2I4O3. The van der Waals surface area contributed by atoms with Crippen molar-refractivity contribution in [3.05, 3.63) is 20.3 Å². The second-order valence-corrected chi connectivity index (χ2v) is 15.3. The molecule has 0 bridgehead atoms. The van der Waals surface area contributed by atoms with Gasteiger partial charge in [0.05, 0.1) is 0 Å². The van der Waals surface area contributed by atoms with Crippen molar-refractivity contribution < 1.29 is 14.3 Å². The lowest BCUT2D eigenvalue weighted by Gasteiger charge is -2.30. The Labute approximate surface area is 190 Å². The predicted molar refractivity (Wildman–Crippen MR) is 124 cm³/mol. The van der Waals surface area contributed by atoms with Crippen LogP contribution in [0, 0.1) is 0 Å². The van der Waals surface area contributed by atoms with E-state index in [1.165, 1.54) is 0 Å². The average Bonchev–Trinajstić information content (AvgIpc) is 2.27. The van der Waals surface area contributed by atoms with E-state index in [0.29, 0.717) is 0 Å². The summed E-state index contributed by atoms with van der Waals surface area (Å²) in [5.41, 5.74) is 0. The largest absolute Gasteiger partial charge is 0.508 e. The third kappa shape index (κ3) is 6.63. The predicted octanol–water partition coefficient (Wildman–Crippen LogP) is 6.87. The zero-order chi connectivity index (χ0) is 16.3. The van der Waals surface area contributed by atoms with Gasteiger partial charge in [-0.3, -0.25) is 0 Å². The minimum Gasteiger partial charge on any atom is -0.429 e. The maximum Gasteiger partial charge on any atom is 0.508 e. The summed E-state index contributed by atoms with van der Waals surface area (Å²) < 4.78 is 11.2. The number of carbonyl (C=O) groups is 1. The third-order valence-electron chi connectivity index (χ3n) is 2.29. The molecule has 0 heterocycles. The van der Waals surface area contributed by atoms with Crippen LogP contribution in [-0.2, 0) is 9.47 Å². The first-order valence-electron chi connectivity index (χ1n) is 5.16. The van der Waals surface area contributed by atoms with Crippen LogP contribution < -0.4 is 0 Å². The topological polar surface area (TPSA) is 35.5 Å². The van der Waals surface area contributed by atoms with E-state index in [9.17, 15) is 4.79 Å². The minimum absolute atomic E-state index is 0.422. The molecule has 0 aliphatic heterocycles. The maximum atomic E-state index is 11.8. The highest BCUT2D eigenvalue weighted by molar-refractivity contribution is 14.1. The molecule has 0 radical (unpaired) electrons. The lowest BCUT2D eigenvalue weighted by atomic mass is 10.3. The molecule has 4 unspecified atom stereocenters. The number of halogens is 6. The Balaban J connectivity index is 4.67. The Hall–Kier alpha value is 2.63. The number of carbonyl (C=O) groups excluding carboxylic acids is 1. The van der Waals surface area contributed by atoms with Crippen molar-refractivity contribution in [3.63, 3.8) is 0 Å². The second kappa shape index (κ2) is 9.20. The molecule has 0 aromatic carbocycles. The molecule has 0 aliphatic rings. The summed E-state index contributed by atoms with van der Waals surface area (Å²) in [5, 5.41) is 0. The van der Waals surface area contributed by atoms with Gasteiger partial charge >= 0.3 is 6.16 Å². The first kappa shape index (κ1) is 22.6. The highest BCUT2D eigenvalue weighted by atomic mass is 127. The zero-order valence-electron chi connectivity index (χ0n) is 10.6. The molecule has 0 fully saturated rings. The molecule has 9 heteroatoms. The summed E-state index contributed by atoms with van der Waals surface area (Å²) >= 11 is 15.4. The standard InChI is InChI=1S/C11H12Br2I4O3/c1-5(14)10(12,16)7(3)19-9(18)20-8(4)11(13,17)6(2)15/h7-8H,1-2H2,3-4H3. The molecule has 0 aliphatic carbocycles. The van der Waals surface area contributed by atoms with Gasteiger partial charge in [0.2, 0.25) is 0 Å². The molecule has 0 rings (SSSR count). The van der Waals surface area contributed by atoms with Crippen LogP contribution in [0.4, 0.5) is 4.79 Å². The Kier molecular flexibility index (Phi) is 10.4. The van der Waals surface area contributed by atoms with Gasteiger partial charge in [0.1, 0.15) is 16.9 Å². The van der Waals surface area contributed by atoms with Crippen LogP contribution >= 0.6 is 122 Å². The fourth-order valence-corrected chi connectivity index (χ4v) is 2.22. The van der Waals surface area contributed by atoms with Crippen LogP contribution in [0.25, 0.3) is 0 Å². The van der Waals surface area contributed by atoms with Crippen molar-refractivity contribution in [1.29, 1.82) is 0 Å². The molecule has 20 heavy (non-hydrogen) atoms. The van der Waals surface area contributed by atoms with Crippen LogP contribution in [0.3, 0.4) is 0 Å². The Bertz CT molecular complexity index is 376. The van der Waals surface area contributed by atoms with Gasteiger partial charge in [-0.25, -0.2) is 4.79 Å². The average molecular weight is 860 g/mol. The van der Waals surface area contributed by atoms with Gasteiger partial charge in [-0.1, -0.05) is 90.2 Å². The van der Waals surface area contributed by atoms with Crippen LogP contribution in [-0.4, -0.2) is 23.0 Å².